The average molecular weight is 547 g/mol. The van der Waals surface area contributed by atoms with Crippen LogP contribution in [0.2, 0.25) is 0 Å². The van der Waals surface area contributed by atoms with Crippen molar-refractivity contribution in [2.24, 2.45) is 0 Å². The molecule has 0 saturated carbocycles. The number of benzene rings is 8. The highest BCUT2D eigenvalue weighted by atomic mass is 14.4. The van der Waals surface area contributed by atoms with Crippen molar-refractivity contribution in [2.75, 3.05) is 0 Å². The van der Waals surface area contributed by atoms with E-state index in [1.54, 1.807) is 0 Å². The largest absolute Gasteiger partial charge is 0.0622 e. The monoisotopic (exact) mass is 546 g/mol. The van der Waals surface area contributed by atoms with Crippen molar-refractivity contribution < 1.29 is 0 Å². The first-order chi connectivity index (χ1) is 21.1. The lowest BCUT2D eigenvalue weighted by atomic mass is 9.78. The van der Waals surface area contributed by atoms with Crippen LogP contribution in [-0.2, 0) is 5.41 Å². The minimum absolute atomic E-state index is 0.0598. The normalized spacial score (nSPS) is 13.5. The summed E-state index contributed by atoms with van der Waals surface area (Å²) in [5.74, 6) is 0. The van der Waals surface area contributed by atoms with Crippen LogP contribution in [0.25, 0.3) is 76.8 Å². The van der Waals surface area contributed by atoms with Crippen LogP contribution in [0.4, 0.5) is 0 Å². The number of hydrogen-bond acceptors (Lipinski definition) is 0. The third kappa shape index (κ3) is 3.50. The summed E-state index contributed by atoms with van der Waals surface area (Å²) in [6.07, 6.45) is 0. The smallest absolute Gasteiger partial charge is 0.0165 e. The van der Waals surface area contributed by atoms with Crippen LogP contribution in [0.5, 0.6) is 0 Å². The Hall–Kier alpha value is -5.20. The highest BCUT2D eigenvalue weighted by molar-refractivity contribution is 6.26. The molecule has 0 unspecified atom stereocenters. The zero-order chi connectivity index (χ0) is 28.7. The van der Waals surface area contributed by atoms with E-state index < -0.39 is 0 Å². The van der Waals surface area contributed by atoms with Gasteiger partial charge in [0.2, 0.25) is 0 Å². The maximum atomic E-state index is 2.38. The number of fused-ring (bicyclic) bond motifs is 3. The van der Waals surface area contributed by atoms with Crippen LogP contribution < -0.4 is 0 Å². The summed E-state index contributed by atoms with van der Waals surface area (Å²) in [5, 5.41) is 7.93. The van der Waals surface area contributed by atoms with E-state index in [9.17, 15) is 0 Å². The van der Waals surface area contributed by atoms with Crippen molar-refractivity contribution in [3.63, 3.8) is 0 Å². The molecule has 0 bridgehead atoms. The molecule has 0 radical (unpaired) electrons. The maximum absolute atomic E-state index is 2.38. The van der Waals surface area contributed by atoms with Gasteiger partial charge < -0.3 is 0 Å². The van der Waals surface area contributed by atoms with Crippen LogP contribution in [-0.4, -0.2) is 0 Å². The molecular formula is C43H30. The lowest BCUT2D eigenvalue weighted by Gasteiger charge is -2.25. The fraction of sp³-hybridized carbons (Fsp3) is 0.0698. The second-order valence-corrected chi connectivity index (χ2v) is 12.5. The molecule has 8 aromatic carbocycles. The van der Waals surface area contributed by atoms with E-state index in [1.165, 1.54) is 88.0 Å². The topological polar surface area (TPSA) is 0 Å². The Morgan fingerprint density at radius 3 is 1.77 bits per heavy atom. The van der Waals surface area contributed by atoms with Crippen LogP contribution in [0.3, 0.4) is 0 Å². The van der Waals surface area contributed by atoms with Gasteiger partial charge in [0.25, 0.3) is 0 Å². The minimum Gasteiger partial charge on any atom is -0.0622 e. The SMILES string of the molecule is CC1(C)c2ccccc2-c2cccc(-c3ccc4ccc5cc(-c6cccc(-c7ccccc7)c6)cc6ccc3c4c56)c21. The van der Waals surface area contributed by atoms with Crippen molar-refractivity contribution in [1.29, 1.82) is 0 Å². The molecule has 202 valence electrons. The first-order valence-electron chi connectivity index (χ1n) is 15.2. The van der Waals surface area contributed by atoms with E-state index in [4.69, 9.17) is 0 Å². The van der Waals surface area contributed by atoms with E-state index in [0.29, 0.717) is 0 Å². The Kier molecular flexibility index (Phi) is 5.05. The molecule has 0 heterocycles. The molecule has 1 aliphatic rings. The molecule has 0 saturated heterocycles. The van der Waals surface area contributed by atoms with Gasteiger partial charge in [0.05, 0.1) is 0 Å². The van der Waals surface area contributed by atoms with Crippen LogP contribution in [0, 0.1) is 0 Å². The summed E-state index contributed by atoms with van der Waals surface area (Å²) in [4.78, 5) is 0. The van der Waals surface area contributed by atoms with Crippen LogP contribution in [0.1, 0.15) is 25.0 Å². The van der Waals surface area contributed by atoms with E-state index in [0.717, 1.165) is 0 Å². The summed E-state index contributed by atoms with van der Waals surface area (Å²) in [7, 11) is 0. The van der Waals surface area contributed by atoms with Gasteiger partial charge >= 0.3 is 0 Å². The molecule has 9 rings (SSSR count). The second kappa shape index (κ2) is 8.90. The van der Waals surface area contributed by atoms with Gasteiger partial charge in [0.1, 0.15) is 0 Å². The third-order valence-corrected chi connectivity index (χ3v) is 9.77. The van der Waals surface area contributed by atoms with Gasteiger partial charge in [-0.15, -0.1) is 0 Å². The van der Waals surface area contributed by atoms with E-state index in [-0.39, 0.29) is 5.41 Å². The lowest BCUT2D eigenvalue weighted by molar-refractivity contribution is 0.662. The van der Waals surface area contributed by atoms with Crippen LogP contribution in [0.15, 0.2) is 146 Å². The van der Waals surface area contributed by atoms with Gasteiger partial charge in [0, 0.05) is 5.41 Å². The van der Waals surface area contributed by atoms with Gasteiger partial charge in [-0.1, -0.05) is 141 Å². The van der Waals surface area contributed by atoms with Crippen LogP contribution >= 0.6 is 0 Å². The molecule has 0 amide bonds. The highest BCUT2D eigenvalue weighted by Gasteiger charge is 2.37. The van der Waals surface area contributed by atoms with E-state index in [2.05, 4.69) is 159 Å². The molecule has 0 nitrogen and oxygen atoms in total. The predicted octanol–water partition coefficient (Wildman–Crippen LogP) is 11.9. The summed E-state index contributed by atoms with van der Waals surface area (Å²) >= 11 is 0. The fourth-order valence-corrected chi connectivity index (χ4v) is 7.80. The third-order valence-electron chi connectivity index (χ3n) is 9.77. The van der Waals surface area contributed by atoms with E-state index in [1.807, 2.05) is 0 Å². The van der Waals surface area contributed by atoms with Crippen molar-refractivity contribution in [3.8, 4) is 44.5 Å². The second-order valence-electron chi connectivity index (χ2n) is 12.5. The molecule has 0 aliphatic heterocycles. The van der Waals surface area contributed by atoms with Crippen molar-refractivity contribution >= 4 is 32.3 Å². The minimum atomic E-state index is -0.0598. The molecule has 8 aromatic rings. The zero-order valence-corrected chi connectivity index (χ0v) is 24.4. The lowest BCUT2D eigenvalue weighted by Crippen LogP contribution is -2.16. The fourth-order valence-electron chi connectivity index (χ4n) is 7.80. The zero-order valence-electron chi connectivity index (χ0n) is 24.4. The van der Waals surface area contributed by atoms with Crippen molar-refractivity contribution in [3.05, 3.63) is 157 Å². The van der Waals surface area contributed by atoms with Crippen molar-refractivity contribution in [1.82, 2.24) is 0 Å². The van der Waals surface area contributed by atoms with Gasteiger partial charge in [-0.3, -0.25) is 0 Å². The molecular weight excluding hydrogens is 516 g/mol. The number of hydrogen-bond donors (Lipinski definition) is 0. The predicted molar refractivity (Wildman–Crippen MR) is 184 cm³/mol. The quantitative estimate of drug-likeness (QED) is 0.193. The molecule has 1 aliphatic carbocycles. The molecule has 0 N–H and O–H groups in total. The molecule has 0 heteroatoms. The first-order valence-corrected chi connectivity index (χ1v) is 15.2. The standard InChI is InChI=1S/C43H30/c1-43(2)39-17-7-6-14-35(39)38-16-9-15-37(42(38)43)34-22-20-28-18-19-31-25-33(26-32-21-23-36(34)41(28)40(31)32)30-13-8-12-29(24-30)27-10-4-3-5-11-27/h3-26H,1-2H3. The maximum Gasteiger partial charge on any atom is 0.0165 e. The van der Waals surface area contributed by atoms with Gasteiger partial charge in [-0.25, -0.2) is 0 Å². The Balaban J connectivity index is 1.25. The Morgan fingerprint density at radius 1 is 0.372 bits per heavy atom. The van der Waals surface area contributed by atoms with E-state index >= 15 is 0 Å². The van der Waals surface area contributed by atoms with Gasteiger partial charge in [-0.05, 0) is 106 Å². The Labute approximate surface area is 252 Å². The molecule has 43 heavy (non-hydrogen) atoms. The Bertz CT molecular complexity index is 2340. The molecule has 0 spiro atoms. The Morgan fingerprint density at radius 2 is 0.953 bits per heavy atom. The first kappa shape index (κ1) is 24.4. The summed E-state index contributed by atoms with van der Waals surface area (Å²) in [5.41, 5.74) is 13.2. The summed E-state index contributed by atoms with van der Waals surface area (Å²) < 4.78 is 0. The van der Waals surface area contributed by atoms with Gasteiger partial charge in [-0.2, -0.15) is 0 Å². The highest BCUT2D eigenvalue weighted by Crippen LogP contribution is 2.53. The molecule has 0 fully saturated rings. The van der Waals surface area contributed by atoms with Crippen molar-refractivity contribution in [2.45, 2.75) is 19.3 Å². The van der Waals surface area contributed by atoms with Gasteiger partial charge in [0.15, 0.2) is 0 Å². The summed E-state index contributed by atoms with van der Waals surface area (Å²) in [6, 6.07) is 54.1. The summed E-state index contributed by atoms with van der Waals surface area (Å²) in [6.45, 7) is 4.76. The average Bonchev–Trinajstić information content (AvgIpc) is 3.30. The number of rotatable bonds is 3. The molecule has 0 atom stereocenters. The molecule has 0 aromatic heterocycles.